The molecule has 0 aliphatic rings. The molecule has 100 valence electrons. The fourth-order valence-corrected chi connectivity index (χ4v) is 2.68. The van der Waals surface area contributed by atoms with Crippen molar-refractivity contribution in [3.63, 3.8) is 0 Å². The molecular weight excluding hydrogens is 258 g/mol. The predicted octanol–water partition coefficient (Wildman–Crippen LogP) is 3.31. The molecule has 2 N–H and O–H groups in total. The summed E-state index contributed by atoms with van der Waals surface area (Å²) in [5, 5.41) is 0. The van der Waals surface area contributed by atoms with Crippen LogP contribution in [0.5, 0.6) is 11.5 Å². The normalized spacial score (nSPS) is 10.3. The lowest BCUT2D eigenvalue weighted by Crippen LogP contribution is -1.98. The van der Waals surface area contributed by atoms with Crippen molar-refractivity contribution >= 4 is 11.8 Å². The number of methoxy groups -OCH3 is 2. The monoisotopic (exact) mass is 275 g/mol. The third kappa shape index (κ3) is 3.43. The van der Waals surface area contributed by atoms with Crippen molar-refractivity contribution in [1.29, 1.82) is 0 Å². The van der Waals surface area contributed by atoms with Crippen LogP contribution in [0.25, 0.3) is 0 Å². The lowest BCUT2D eigenvalue weighted by atomic mass is 10.2. The predicted molar refractivity (Wildman–Crippen MR) is 78.0 cm³/mol. The summed E-state index contributed by atoms with van der Waals surface area (Å²) in [5.74, 6) is 1.70. The standard InChI is InChI=1S/C15H17NO2S/c1-17-12-5-7-14(8-6-12)19-15-9-13(18-2)4-3-11(15)10-16/h3-9H,10,16H2,1-2H3. The molecule has 0 heterocycles. The van der Waals surface area contributed by atoms with Gasteiger partial charge in [0, 0.05) is 16.3 Å². The Hall–Kier alpha value is -1.65. The molecule has 0 aliphatic heterocycles. The SMILES string of the molecule is COc1ccc(Sc2cc(OC)ccc2CN)cc1. The Morgan fingerprint density at radius 1 is 0.947 bits per heavy atom. The van der Waals surface area contributed by atoms with Gasteiger partial charge < -0.3 is 15.2 Å². The fourth-order valence-electron chi connectivity index (χ4n) is 1.70. The Bertz CT molecular complexity index is 540. The molecule has 0 saturated heterocycles. The molecule has 0 aromatic heterocycles. The van der Waals surface area contributed by atoms with Gasteiger partial charge in [0.1, 0.15) is 11.5 Å². The average molecular weight is 275 g/mol. The van der Waals surface area contributed by atoms with E-state index in [1.165, 1.54) is 0 Å². The van der Waals surface area contributed by atoms with Crippen molar-refractivity contribution in [2.24, 2.45) is 5.73 Å². The summed E-state index contributed by atoms with van der Waals surface area (Å²) >= 11 is 1.67. The molecule has 2 aromatic carbocycles. The molecule has 2 aromatic rings. The molecule has 3 nitrogen and oxygen atoms in total. The first kappa shape index (κ1) is 13.8. The summed E-state index contributed by atoms with van der Waals surface area (Å²) in [5.41, 5.74) is 6.88. The molecule has 0 radical (unpaired) electrons. The van der Waals surface area contributed by atoms with Crippen LogP contribution in [0, 0.1) is 0 Å². The lowest BCUT2D eigenvalue weighted by Gasteiger charge is -2.10. The largest absolute Gasteiger partial charge is 0.497 e. The summed E-state index contributed by atoms with van der Waals surface area (Å²) < 4.78 is 10.4. The number of ether oxygens (including phenoxy) is 2. The second-order valence-electron chi connectivity index (χ2n) is 3.96. The summed E-state index contributed by atoms with van der Waals surface area (Å²) in [6, 6.07) is 13.9. The first-order valence-corrected chi connectivity index (χ1v) is 6.77. The minimum Gasteiger partial charge on any atom is -0.497 e. The summed E-state index contributed by atoms with van der Waals surface area (Å²) in [4.78, 5) is 2.26. The minimum atomic E-state index is 0.516. The Morgan fingerprint density at radius 2 is 1.58 bits per heavy atom. The molecule has 0 aliphatic carbocycles. The smallest absolute Gasteiger partial charge is 0.120 e. The van der Waals surface area contributed by atoms with Gasteiger partial charge in [-0.25, -0.2) is 0 Å². The number of nitrogens with two attached hydrogens (primary N) is 1. The maximum absolute atomic E-state index is 5.77. The minimum absolute atomic E-state index is 0.516. The van der Waals surface area contributed by atoms with Crippen molar-refractivity contribution in [3.05, 3.63) is 48.0 Å². The Labute approximate surface area is 117 Å². The van der Waals surface area contributed by atoms with Gasteiger partial charge in [-0.1, -0.05) is 17.8 Å². The maximum Gasteiger partial charge on any atom is 0.120 e. The first-order valence-electron chi connectivity index (χ1n) is 5.95. The van der Waals surface area contributed by atoms with Crippen molar-refractivity contribution in [2.75, 3.05) is 14.2 Å². The van der Waals surface area contributed by atoms with Crippen LogP contribution in [0.1, 0.15) is 5.56 Å². The van der Waals surface area contributed by atoms with E-state index in [1.54, 1.807) is 26.0 Å². The van der Waals surface area contributed by atoms with Gasteiger partial charge in [0.15, 0.2) is 0 Å². The van der Waals surface area contributed by atoms with E-state index in [1.807, 2.05) is 42.5 Å². The number of hydrogen-bond acceptors (Lipinski definition) is 4. The molecule has 0 spiro atoms. The van der Waals surface area contributed by atoms with Crippen LogP contribution in [0.4, 0.5) is 0 Å². The van der Waals surface area contributed by atoms with Crippen LogP contribution in [0.15, 0.2) is 52.3 Å². The molecule has 0 bridgehead atoms. The van der Waals surface area contributed by atoms with Gasteiger partial charge in [-0.2, -0.15) is 0 Å². The zero-order chi connectivity index (χ0) is 13.7. The Balaban J connectivity index is 2.25. The van der Waals surface area contributed by atoms with Crippen LogP contribution in [-0.4, -0.2) is 14.2 Å². The zero-order valence-electron chi connectivity index (χ0n) is 11.1. The van der Waals surface area contributed by atoms with E-state index in [4.69, 9.17) is 15.2 Å². The number of benzene rings is 2. The van der Waals surface area contributed by atoms with Gasteiger partial charge in [0.2, 0.25) is 0 Å². The summed E-state index contributed by atoms with van der Waals surface area (Å²) in [6.07, 6.45) is 0. The van der Waals surface area contributed by atoms with Gasteiger partial charge in [0.25, 0.3) is 0 Å². The average Bonchev–Trinajstić information content (AvgIpc) is 2.48. The van der Waals surface area contributed by atoms with E-state index in [0.29, 0.717) is 6.54 Å². The quantitative estimate of drug-likeness (QED) is 0.909. The number of rotatable bonds is 5. The second kappa shape index (κ2) is 6.50. The molecule has 0 fully saturated rings. The van der Waals surface area contributed by atoms with Crippen molar-refractivity contribution < 1.29 is 9.47 Å². The van der Waals surface area contributed by atoms with Crippen LogP contribution in [-0.2, 0) is 6.54 Å². The van der Waals surface area contributed by atoms with Crippen molar-refractivity contribution in [3.8, 4) is 11.5 Å². The molecule has 0 amide bonds. The van der Waals surface area contributed by atoms with E-state index in [-0.39, 0.29) is 0 Å². The van der Waals surface area contributed by atoms with Gasteiger partial charge in [-0.15, -0.1) is 0 Å². The summed E-state index contributed by atoms with van der Waals surface area (Å²) in [6.45, 7) is 0.516. The highest BCUT2D eigenvalue weighted by Gasteiger charge is 2.05. The van der Waals surface area contributed by atoms with Crippen LogP contribution >= 0.6 is 11.8 Å². The third-order valence-corrected chi connectivity index (χ3v) is 3.89. The van der Waals surface area contributed by atoms with Gasteiger partial charge in [-0.05, 0) is 42.0 Å². The van der Waals surface area contributed by atoms with E-state index >= 15 is 0 Å². The van der Waals surface area contributed by atoms with Gasteiger partial charge in [0.05, 0.1) is 14.2 Å². The molecular formula is C15H17NO2S. The van der Waals surface area contributed by atoms with Gasteiger partial charge in [-0.3, -0.25) is 0 Å². The first-order chi connectivity index (χ1) is 9.26. The van der Waals surface area contributed by atoms with Crippen LogP contribution in [0.3, 0.4) is 0 Å². The van der Waals surface area contributed by atoms with E-state index in [0.717, 1.165) is 26.9 Å². The molecule has 0 atom stereocenters. The maximum atomic E-state index is 5.77. The highest BCUT2D eigenvalue weighted by molar-refractivity contribution is 7.99. The van der Waals surface area contributed by atoms with Crippen LogP contribution in [0.2, 0.25) is 0 Å². The van der Waals surface area contributed by atoms with Crippen molar-refractivity contribution in [2.45, 2.75) is 16.3 Å². The molecule has 4 heteroatoms. The molecule has 19 heavy (non-hydrogen) atoms. The molecule has 0 unspecified atom stereocenters. The molecule has 2 rings (SSSR count). The molecule has 0 saturated carbocycles. The Kier molecular flexibility index (Phi) is 4.71. The second-order valence-corrected chi connectivity index (χ2v) is 5.07. The Morgan fingerprint density at radius 3 is 2.16 bits per heavy atom. The van der Waals surface area contributed by atoms with Crippen molar-refractivity contribution in [1.82, 2.24) is 0 Å². The summed E-state index contributed by atoms with van der Waals surface area (Å²) in [7, 11) is 3.33. The van der Waals surface area contributed by atoms with E-state index in [2.05, 4.69) is 0 Å². The fraction of sp³-hybridized carbons (Fsp3) is 0.200. The highest BCUT2D eigenvalue weighted by Crippen LogP contribution is 2.33. The van der Waals surface area contributed by atoms with Gasteiger partial charge >= 0.3 is 0 Å². The third-order valence-electron chi connectivity index (χ3n) is 2.78. The van der Waals surface area contributed by atoms with E-state index < -0.39 is 0 Å². The number of hydrogen-bond donors (Lipinski definition) is 1. The van der Waals surface area contributed by atoms with E-state index in [9.17, 15) is 0 Å². The lowest BCUT2D eigenvalue weighted by molar-refractivity contribution is 0.413. The van der Waals surface area contributed by atoms with Crippen LogP contribution < -0.4 is 15.2 Å². The highest BCUT2D eigenvalue weighted by atomic mass is 32.2. The topological polar surface area (TPSA) is 44.5 Å². The zero-order valence-corrected chi connectivity index (χ0v) is 11.9.